The van der Waals surface area contributed by atoms with Crippen molar-refractivity contribution in [3.8, 4) is 0 Å². The Morgan fingerprint density at radius 1 is 1.33 bits per heavy atom. The Morgan fingerprint density at radius 3 is 2.57 bits per heavy atom. The molecule has 2 rings (SSSR count). The van der Waals surface area contributed by atoms with Gasteiger partial charge in [0.1, 0.15) is 10.7 Å². The number of carbonyl (C=O) groups excluding carboxylic acids is 1. The molecular formula is C13H14Cl2N4OS. The van der Waals surface area contributed by atoms with Gasteiger partial charge in [-0.15, -0.1) is 0 Å². The van der Waals surface area contributed by atoms with Crippen molar-refractivity contribution in [1.82, 2.24) is 4.98 Å². The molecule has 1 aromatic carbocycles. The molecule has 3 N–H and O–H groups in total. The smallest absolute Gasteiger partial charge is 0.269 e. The van der Waals surface area contributed by atoms with Crippen LogP contribution >= 0.6 is 34.5 Å². The predicted molar refractivity (Wildman–Crippen MR) is 90.0 cm³/mol. The summed E-state index contributed by atoms with van der Waals surface area (Å²) in [6.45, 7) is 1.84. The van der Waals surface area contributed by atoms with Crippen LogP contribution in [0.1, 0.15) is 15.2 Å². The maximum atomic E-state index is 12.3. The number of thiazole rings is 1. The number of hydrogen-bond acceptors (Lipinski definition) is 5. The lowest BCUT2D eigenvalue weighted by atomic mass is 10.2. The second-order valence-electron chi connectivity index (χ2n) is 4.64. The van der Waals surface area contributed by atoms with E-state index in [9.17, 15) is 4.79 Å². The van der Waals surface area contributed by atoms with Gasteiger partial charge < -0.3 is 16.0 Å². The Labute approximate surface area is 136 Å². The van der Waals surface area contributed by atoms with Crippen molar-refractivity contribution >= 4 is 57.1 Å². The molecular weight excluding hydrogens is 331 g/mol. The van der Waals surface area contributed by atoms with E-state index in [4.69, 9.17) is 28.9 Å². The molecule has 0 bridgehead atoms. The molecule has 1 amide bonds. The second-order valence-corrected chi connectivity index (χ2v) is 6.43. The van der Waals surface area contributed by atoms with Crippen LogP contribution < -0.4 is 16.0 Å². The van der Waals surface area contributed by atoms with E-state index in [1.807, 2.05) is 21.0 Å². The molecule has 0 saturated carbocycles. The average Bonchev–Trinajstić information content (AvgIpc) is 2.78. The summed E-state index contributed by atoms with van der Waals surface area (Å²) >= 11 is 13.4. The molecule has 112 valence electrons. The summed E-state index contributed by atoms with van der Waals surface area (Å²) in [5.41, 5.74) is 7.06. The maximum Gasteiger partial charge on any atom is 0.269 e. The van der Waals surface area contributed by atoms with Gasteiger partial charge in [-0.3, -0.25) is 4.79 Å². The fourth-order valence-corrected chi connectivity index (χ4v) is 2.83. The molecule has 1 heterocycles. The lowest BCUT2D eigenvalue weighted by molar-refractivity contribution is 0.103. The number of nitrogen functional groups attached to an aromatic ring is 1. The highest BCUT2D eigenvalue weighted by Gasteiger charge is 2.18. The highest BCUT2D eigenvalue weighted by Crippen LogP contribution is 2.31. The molecule has 0 spiro atoms. The molecule has 8 heteroatoms. The number of carbonyl (C=O) groups is 1. The van der Waals surface area contributed by atoms with E-state index >= 15 is 0 Å². The molecule has 21 heavy (non-hydrogen) atoms. The van der Waals surface area contributed by atoms with E-state index < -0.39 is 0 Å². The zero-order chi connectivity index (χ0) is 15.7. The largest absolute Gasteiger partial charge is 0.382 e. The van der Waals surface area contributed by atoms with Crippen molar-refractivity contribution in [1.29, 1.82) is 0 Å². The SMILES string of the molecule is Cc1cc(Cl)c(NC(=O)c2sc(N(C)C)nc2N)cc1Cl. The van der Waals surface area contributed by atoms with Crippen molar-refractivity contribution in [3.05, 3.63) is 32.6 Å². The lowest BCUT2D eigenvalue weighted by Crippen LogP contribution is -2.12. The van der Waals surface area contributed by atoms with Crippen LogP contribution in [0.4, 0.5) is 16.6 Å². The first-order chi connectivity index (χ1) is 9.79. The molecule has 0 radical (unpaired) electrons. The van der Waals surface area contributed by atoms with Gasteiger partial charge in [-0.1, -0.05) is 34.5 Å². The quantitative estimate of drug-likeness (QED) is 0.891. The topological polar surface area (TPSA) is 71.2 Å². The van der Waals surface area contributed by atoms with Crippen LogP contribution in [0.25, 0.3) is 0 Å². The van der Waals surface area contributed by atoms with E-state index in [2.05, 4.69) is 10.3 Å². The number of rotatable bonds is 3. The Balaban J connectivity index is 2.28. The lowest BCUT2D eigenvalue weighted by Gasteiger charge is -2.08. The predicted octanol–water partition coefficient (Wildman–Crippen LogP) is 3.66. The number of nitrogens with two attached hydrogens (primary N) is 1. The van der Waals surface area contributed by atoms with Gasteiger partial charge in [-0.2, -0.15) is 0 Å². The molecule has 5 nitrogen and oxygen atoms in total. The van der Waals surface area contributed by atoms with E-state index in [1.54, 1.807) is 17.0 Å². The Kier molecular flexibility index (Phi) is 4.61. The summed E-state index contributed by atoms with van der Waals surface area (Å²) in [4.78, 5) is 18.5. The first-order valence-electron chi connectivity index (χ1n) is 6.00. The molecule has 0 unspecified atom stereocenters. The van der Waals surface area contributed by atoms with E-state index in [0.717, 1.165) is 5.56 Å². The third kappa shape index (κ3) is 3.40. The van der Waals surface area contributed by atoms with Gasteiger partial charge in [0.05, 0.1) is 10.7 Å². The van der Waals surface area contributed by atoms with E-state index in [-0.39, 0.29) is 11.7 Å². The molecule has 1 aromatic heterocycles. The number of benzene rings is 1. The average molecular weight is 345 g/mol. The Bertz CT molecular complexity index is 700. The zero-order valence-electron chi connectivity index (χ0n) is 11.7. The first kappa shape index (κ1) is 15.9. The standard InChI is InChI=1S/C13H14Cl2N4OS/c1-6-4-8(15)9(5-7(6)14)17-12(20)10-11(16)18-13(21-10)19(2)3/h4-5H,16H2,1-3H3,(H,17,20). The number of anilines is 3. The van der Waals surface area contributed by atoms with Crippen molar-refractivity contribution in [2.24, 2.45) is 0 Å². The fraction of sp³-hybridized carbons (Fsp3) is 0.231. The number of aromatic nitrogens is 1. The molecule has 0 aliphatic carbocycles. The number of aryl methyl sites for hydroxylation is 1. The van der Waals surface area contributed by atoms with Crippen LogP contribution in [0.3, 0.4) is 0 Å². The van der Waals surface area contributed by atoms with Crippen molar-refractivity contribution in [2.75, 3.05) is 30.0 Å². The normalized spacial score (nSPS) is 10.5. The van der Waals surface area contributed by atoms with Gasteiger partial charge in [-0.25, -0.2) is 4.98 Å². The summed E-state index contributed by atoms with van der Waals surface area (Å²) in [7, 11) is 3.66. The molecule has 0 atom stereocenters. The monoisotopic (exact) mass is 344 g/mol. The maximum absolute atomic E-state index is 12.3. The summed E-state index contributed by atoms with van der Waals surface area (Å²) in [5, 5.41) is 4.31. The van der Waals surface area contributed by atoms with Crippen LogP contribution in [0.2, 0.25) is 10.0 Å². The number of halogens is 2. The minimum absolute atomic E-state index is 0.190. The Morgan fingerprint density at radius 2 is 2.00 bits per heavy atom. The van der Waals surface area contributed by atoms with Crippen LogP contribution in [0.5, 0.6) is 0 Å². The molecule has 2 aromatic rings. The fourth-order valence-electron chi connectivity index (χ4n) is 1.60. The van der Waals surface area contributed by atoms with Crippen molar-refractivity contribution in [2.45, 2.75) is 6.92 Å². The summed E-state index contributed by atoms with van der Waals surface area (Å²) < 4.78 is 0. The Hall–Kier alpha value is -1.50. The van der Waals surface area contributed by atoms with Gasteiger partial charge in [0.2, 0.25) is 0 Å². The minimum Gasteiger partial charge on any atom is -0.382 e. The molecule has 0 aliphatic rings. The van der Waals surface area contributed by atoms with Crippen LogP contribution in [0, 0.1) is 6.92 Å². The third-order valence-electron chi connectivity index (χ3n) is 2.73. The summed E-state index contributed by atoms with van der Waals surface area (Å²) in [6, 6.07) is 3.31. The van der Waals surface area contributed by atoms with Gasteiger partial charge >= 0.3 is 0 Å². The zero-order valence-corrected chi connectivity index (χ0v) is 14.0. The van der Waals surface area contributed by atoms with Crippen molar-refractivity contribution < 1.29 is 4.79 Å². The second kappa shape index (κ2) is 6.09. The summed E-state index contributed by atoms with van der Waals surface area (Å²) in [6.07, 6.45) is 0. The summed E-state index contributed by atoms with van der Waals surface area (Å²) in [5.74, 6) is -0.171. The number of nitrogens with one attached hydrogen (secondary N) is 1. The third-order valence-corrected chi connectivity index (χ3v) is 4.68. The van der Waals surface area contributed by atoms with Gasteiger partial charge in [0, 0.05) is 19.1 Å². The van der Waals surface area contributed by atoms with Gasteiger partial charge in [0.15, 0.2) is 5.13 Å². The van der Waals surface area contributed by atoms with E-state index in [1.165, 1.54) is 11.3 Å². The highest BCUT2D eigenvalue weighted by atomic mass is 35.5. The van der Waals surface area contributed by atoms with Crippen LogP contribution in [-0.4, -0.2) is 25.0 Å². The molecule has 0 saturated heterocycles. The van der Waals surface area contributed by atoms with Crippen LogP contribution in [0.15, 0.2) is 12.1 Å². The minimum atomic E-state index is -0.361. The number of hydrogen-bond donors (Lipinski definition) is 2. The van der Waals surface area contributed by atoms with Crippen LogP contribution in [-0.2, 0) is 0 Å². The molecule has 0 aliphatic heterocycles. The van der Waals surface area contributed by atoms with Crippen molar-refractivity contribution in [3.63, 3.8) is 0 Å². The number of nitrogens with zero attached hydrogens (tertiary/aromatic N) is 2. The number of amides is 1. The molecule has 0 fully saturated rings. The first-order valence-corrected chi connectivity index (χ1v) is 7.57. The highest BCUT2D eigenvalue weighted by molar-refractivity contribution is 7.18. The van der Waals surface area contributed by atoms with Gasteiger partial charge in [-0.05, 0) is 24.6 Å². The van der Waals surface area contributed by atoms with E-state index in [0.29, 0.717) is 25.7 Å². The van der Waals surface area contributed by atoms with Gasteiger partial charge in [0.25, 0.3) is 5.91 Å².